The third-order valence-corrected chi connectivity index (χ3v) is 5.15. The van der Waals surface area contributed by atoms with Gasteiger partial charge in [-0.3, -0.25) is 0 Å². The van der Waals surface area contributed by atoms with Gasteiger partial charge < -0.3 is 0 Å². The van der Waals surface area contributed by atoms with Crippen molar-refractivity contribution in [2.45, 2.75) is 32.1 Å². The molecule has 1 atom stereocenters. The molecule has 0 saturated heterocycles. The third kappa shape index (κ3) is 3.14. The molecular weight excluding hydrogens is 288 g/mol. The van der Waals surface area contributed by atoms with E-state index in [1.54, 1.807) is 0 Å². The minimum absolute atomic E-state index is 0.0980. The largest absolute Gasteiger partial charge is 0.0651 e. The Labute approximate surface area is 146 Å². The van der Waals surface area contributed by atoms with Gasteiger partial charge in [-0.05, 0) is 29.0 Å². The van der Waals surface area contributed by atoms with Crippen LogP contribution in [0.25, 0.3) is 0 Å². The van der Waals surface area contributed by atoms with Gasteiger partial charge in [-0.1, -0.05) is 111 Å². The standard InChI is InChI=1S/C24H26/c1-3-20(2)19-24(21-13-7-4-8-14-21,22-15-9-5-10-16-22)23-17-11-6-12-18-23/h4-18,20H,3,19H2,1-2H3. The third-order valence-electron chi connectivity index (χ3n) is 5.15. The molecule has 0 aliphatic carbocycles. The van der Waals surface area contributed by atoms with E-state index in [1.807, 2.05) is 0 Å². The number of benzene rings is 3. The van der Waals surface area contributed by atoms with Crippen molar-refractivity contribution in [2.24, 2.45) is 5.92 Å². The number of rotatable bonds is 6. The summed E-state index contributed by atoms with van der Waals surface area (Å²) in [6, 6.07) is 33.0. The minimum atomic E-state index is -0.0980. The Morgan fingerprint density at radius 1 is 0.625 bits per heavy atom. The zero-order chi connectivity index (χ0) is 16.8. The van der Waals surface area contributed by atoms with E-state index in [4.69, 9.17) is 0 Å². The number of hydrogen-bond acceptors (Lipinski definition) is 0. The van der Waals surface area contributed by atoms with Crippen LogP contribution in [0, 0.1) is 5.92 Å². The van der Waals surface area contributed by atoms with Crippen LogP contribution < -0.4 is 0 Å². The molecule has 0 N–H and O–H groups in total. The molecular formula is C24H26. The maximum atomic E-state index is 2.36. The van der Waals surface area contributed by atoms with Crippen LogP contribution in [0.1, 0.15) is 43.4 Å². The van der Waals surface area contributed by atoms with Crippen molar-refractivity contribution in [3.63, 3.8) is 0 Å². The van der Waals surface area contributed by atoms with E-state index in [-0.39, 0.29) is 5.41 Å². The zero-order valence-corrected chi connectivity index (χ0v) is 14.7. The average molecular weight is 314 g/mol. The first-order valence-electron chi connectivity index (χ1n) is 8.94. The van der Waals surface area contributed by atoms with E-state index in [1.165, 1.54) is 23.1 Å². The van der Waals surface area contributed by atoms with Gasteiger partial charge in [0.25, 0.3) is 0 Å². The molecule has 0 aliphatic rings. The molecule has 0 saturated carbocycles. The first-order chi connectivity index (χ1) is 11.8. The van der Waals surface area contributed by atoms with Gasteiger partial charge in [0, 0.05) is 5.41 Å². The SMILES string of the molecule is CCC(C)CC(c1ccccc1)(c1ccccc1)c1ccccc1. The van der Waals surface area contributed by atoms with Crippen molar-refractivity contribution < 1.29 is 0 Å². The van der Waals surface area contributed by atoms with E-state index in [9.17, 15) is 0 Å². The van der Waals surface area contributed by atoms with Crippen LogP contribution in [0.15, 0.2) is 91.0 Å². The second-order valence-electron chi connectivity index (χ2n) is 6.72. The van der Waals surface area contributed by atoms with Gasteiger partial charge >= 0.3 is 0 Å². The lowest BCUT2D eigenvalue weighted by Gasteiger charge is -2.38. The number of hydrogen-bond donors (Lipinski definition) is 0. The lowest BCUT2D eigenvalue weighted by molar-refractivity contribution is 0.417. The van der Waals surface area contributed by atoms with Crippen LogP contribution in [0.5, 0.6) is 0 Å². The van der Waals surface area contributed by atoms with Gasteiger partial charge in [0.15, 0.2) is 0 Å². The molecule has 0 spiro atoms. The minimum Gasteiger partial charge on any atom is -0.0651 e. The van der Waals surface area contributed by atoms with Gasteiger partial charge in [0.1, 0.15) is 0 Å². The Bertz CT molecular complexity index is 632. The van der Waals surface area contributed by atoms with Crippen LogP contribution in [0.3, 0.4) is 0 Å². The molecule has 0 nitrogen and oxygen atoms in total. The smallest absolute Gasteiger partial charge is 0.0453 e. The highest BCUT2D eigenvalue weighted by molar-refractivity contribution is 5.50. The Morgan fingerprint density at radius 2 is 0.958 bits per heavy atom. The van der Waals surface area contributed by atoms with Crippen molar-refractivity contribution in [2.75, 3.05) is 0 Å². The summed E-state index contributed by atoms with van der Waals surface area (Å²) < 4.78 is 0. The monoisotopic (exact) mass is 314 g/mol. The van der Waals surface area contributed by atoms with Gasteiger partial charge in [-0.15, -0.1) is 0 Å². The molecule has 0 radical (unpaired) electrons. The summed E-state index contributed by atoms with van der Waals surface area (Å²) in [5, 5.41) is 0. The van der Waals surface area contributed by atoms with Crippen molar-refractivity contribution in [3.8, 4) is 0 Å². The van der Waals surface area contributed by atoms with E-state index in [0.717, 1.165) is 6.42 Å². The van der Waals surface area contributed by atoms with Crippen molar-refractivity contribution >= 4 is 0 Å². The summed E-state index contributed by atoms with van der Waals surface area (Å²) in [5.41, 5.74) is 4.03. The Hall–Kier alpha value is -2.34. The van der Waals surface area contributed by atoms with Crippen LogP contribution in [-0.4, -0.2) is 0 Å². The molecule has 0 heteroatoms. The van der Waals surface area contributed by atoms with Crippen molar-refractivity contribution in [1.82, 2.24) is 0 Å². The first-order valence-corrected chi connectivity index (χ1v) is 8.94. The van der Waals surface area contributed by atoms with E-state index in [2.05, 4.69) is 105 Å². The lowest BCUT2D eigenvalue weighted by atomic mass is 9.65. The van der Waals surface area contributed by atoms with Crippen molar-refractivity contribution in [3.05, 3.63) is 108 Å². The molecule has 0 aromatic heterocycles. The maximum absolute atomic E-state index is 2.36. The van der Waals surface area contributed by atoms with Crippen LogP contribution >= 0.6 is 0 Å². The predicted octanol–water partition coefficient (Wildman–Crippen LogP) is 6.46. The highest BCUT2D eigenvalue weighted by Crippen LogP contribution is 2.44. The quantitative estimate of drug-likeness (QED) is 0.458. The summed E-state index contributed by atoms with van der Waals surface area (Å²) in [7, 11) is 0. The fraction of sp³-hybridized carbons (Fsp3) is 0.250. The highest BCUT2D eigenvalue weighted by Gasteiger charge is 2.36. The van der Waals surface area contributed by atoms with E-state index >= 15 is 0 Å². The second kappa shape index (κ2) is 7.49. The molecule has 0 aliphatic heterocycles. The molecule has 3 rings (SSSR count). The van der Waals surface area contributed by atoms with E-state index in [0.29, 0.717) is 5.92 Å². The molecule has 0 fully saturated rings. The molecule has 24 heavy (non-hydrogen) atoms. The highest BCUT2D eigenvalue weighted by atomic mass is 14.4. The van der Waals surface area contributed by atoms with Crippen LogP contribution in [-0.2, 0) is 5.41 Å². The summed E-state index contributed by atoms with van der Waals surface area (Å²) in [6.45, 7) is 4.65. The normalized spacial score (nSPS) is 12.8. The van der Waals surface area contributed by atoms with Crippen LogP contribution in [0.2, 0.25) is 0 Å². The summed E-state index contributed by atoms with van der Waals surface area (Å²) in [6.07, 6.45) is 2.30. The van der Waals surface area contributed by atoms with Gasteiger partial charge in [-0.25, -0.2) is 0 Å². The van der Waals surface area contributed by atoms with Gasteiger partial charge in [-0.2, -0.15) is 0 Å². The fourth-order valence-electron chi connectivity index (χ4n) is 3.69. The summed E-state index contributed by atoms with van der Waals surface area (Å²) >= 11 is 0. The average Bonchev–Trinajstić information content (AvgIpc) is 2.68. The summed E-state index contributed by atoms with van der Waals surface area (Å²) in [5.74, 6) is 0.644. The van der Waals surface area contributed by atoms with E-state index < -0.39 is 0 Å². The summed E-state index contributed by atoms with van der Waals surface area (Å²) in [4.78, 5) is 0. The maximum Gasteiger partial charge on any atom is 0.0453 e. The molecule has 122 valence electrons. The molecule has 0 amide bonds. The van der Waals surface area contributed by atoms with Gasteiger partial charge in [0.05, 0.1) is 0 Å². The van der Waals surface area contributed by atoms with Crippen LogP contribution in [0.4, 0.5) is 0 Å². The second-order valence-corrected chi connectivity index (χ2v) is 6.72. The fourth-order valence-corrected chi connectivity index (χ4v) is 3.69. The molecule has 0 heterocycles. The first kappa shape index (κ1) is 16.5. The predicted molar refractivity (Wildman–Crippen MR) is 103 cm³/mol. The molecule has 1 unspecified atom stereocenters. The lowest BCUT2D eigenvalue weighted by Crippen LogP contribution is -2.31. The van der Waals surface area contributed by atoms with Crippen molar-refractivity contribution in [1.29, 1.82) is 0 Å². The molecule has 0 bridgehead atoms. The topological polar surface area (TPSA) is 0 Å². The zero-order valence-electron chi connectivity index (χ0n) is 14.7. The Morgan fingerprint density at radius 3 is 1.25 bits per heavy atom. The van der Waals surface area contributed by atoms with Gasteiger partial charge in [0.2, 0.25) is 0 Å². The molecule has 3 aromatic rings. The Kier molecular flexibility index (Phi) is 5.15. The Balaban J connectivity index is 2.28. The molecule has 3 aromatic carbocycles.